The van der Waals surface area contributed by atoms with E-state index < -0.39 is 20.6 Å². The van der Waals surface area contributed by atoms with E-state index in [1.54, 1.807) is 23.1 Å². The van der Waals surface area contributed by atoms with E-state index >= 15 is 0 Å². The normalized spacial score (nSPS) is 20.3. The molecule has 0 aliphatic carbocycles. The molecular formula is C24H27N5O5S. The highest BCUT2D eigenvalue weighted by Crippen LogP contribution is 2.37. The molecule has 1 spiro atoms. The van der Waals surface area contributed by atoms with Gasteiger partial charge in [0.25, 0.3) is 5.69 Å². The minimum absolute atomic E-state index is 0.000242. The summed E-state index contributed by atoms with van der Waals surface area (Å²) in [5.41, 5.74) is 0.478. The second-order valence-electron chi connectivity index (χ2n) is 9.29. The number of sulfonamides is 1. The Hall–Kier alpha value is -3.33. The van der Waals surface area contributed by atoms with Crippen LogP contribution >= 0.6 is 0 Å². The van der Waals surface area contributed by atoms with Crippen molar-refractivity contribution in [2.45, 2.75) is 49.8 Å². The molecule has 2 aromatic rings. The van der Waals surface area contributed by atoms with E-state index in [9.17, 15) is 28.6 Å². The van der Waals surface area contributed by atoms with Gasteiger partial charge in [-0.25, -0.2) is 8.42 Å². The first-order valence-corrected chi connectivity index (χ1v) is 12.8. The molecule has 2 heterocycles. The summed E-state index contributed by atoms with van der Waals surface area (Å²) in [6.07, 6.45) is 0.790. The summed E-state index contributed by atoms with van der Waals surface area (Å²) >= 11 is 0. The molecule has 2 aromatic carbocycles. The van der Waals surface area contributed by atoms with E-state index in [4.69, 9.17) is 0 Å². The number of nitro groups is 1. The molecule has 2 aliphatic rings. The third-order valence-electron chi connectivity index (χ3n) is 6.77. The maximum Gasteiger partial charge on any atom is 0.269 e. The molecule has 35 heavy (non-hydrogen) atoms. The highest BCUT2D eigenvalue weighted by molar-refractivity contribution is 7.89. The summed E-state index contributed by atoms with van der Waals surface area (Å²) in [4.78, 5) is 25.5. The van der Waals surface area contributed by atoms with Crippen LogP contribution in [0.5, 0.6) is 0 Å². The first-order valence-electron chi connectivity index (χ1n) is 11.4. The quantitative estimate of drug-likeness (QED) is 0.478. The van der Waals surface area contributed by atoms with Gasteiger partial charge in [-0.3, -0.25) is 20.2 Å². The fourth-order valence-corrected chi connectivity index (χ4v) is 6.25. The summed E-state index contributed by atoms with van der Waals surface area (Å²) in [6.45, 7) is 4.65. The molecule has 2 aliphatic heterocycles. The third kappa shape index (κ3) is 4.65. The molecule has 0 saturated carbocycles. The van der Waals surface area contributed by atoms with Gasteiger partial charge in [-0.2, -0.15) is 9.57 Å². The number of nitrogens with zero attached hydrogens (tertiary/aromatic N) is 4. The number of non-ortho nitro benzene ring substituents is 1. The Bertz CT molecular complexity index is 1280. The fourth-order valence-electron chi connectivity index (χ4n) is 4.81. The van der Waals surface area contributed by atoms with Crippen molar-refractivity contribution in [1.29, 1.82) is 5.26 Å². The SMILES string of the molecule is CC(C)C1NC2(CCN(S(=O)(=O)c3ccc([N+](=O)[O-])cc3)CC2)N(Cc2cccc(C#N)c2)C1=O. The van der Waals surface area contributed by atoms with Gasteiger partial charge in [0.1, 0.15) is 0 Å². The van der Waals surface area contributed by atoms with Crippen molar-refractivity contribution in [2.24, 2.45) is 5.92 Å². The molecule has 1 N–H and O–H groups in total. The first kappa shape index (κ1) is 24.8. The highest BCUT2D eigenvalue weighted by Gasteiger charge is 2.53. The molecule has 1 unspecified atom stereocenters. The van der Waals surface area contributed by atoms with Gasteiger partial charge in [-0.05, 0) is 48.6 Å². The van der Waals surface area contributed by atoms with E-state index in [1.165, 1.54) is 28.6 Å². The minimum Gasteiger partial charge on any atom is -0.319 e. The summed E-state index contributed by atoms with van der Waals surface area (Å²) in [7, 11) is -3.84. The maximum absolute atomic E-state index is 13.4. The Morgan fingerprint density at radius 2 is 1.86 bits per heavy atom. The van der Waals surface area contributed by atoms with Crippen molar-refractivity contribution in [3.63, 3.8) is 0 Å². The first-order chi connectivity index (χ1) is 16.6. The van der Waals surface area contributed by atoms with Gasteiger partial charge in [0.05, 0.1) is 33.2 Å². The molecule has 0 bridgehead atoms. The Balaban J connectivity index is 1.56. The number of piperidine rings is 1. The van der Waals surface area contributed by atoms with Crippen molar-refractivity contribution >= 4 is 21.6 Å². The lowest BCUT2D eigenvalue weighted by Gasteiger charge is -2.44. The standard InChI is InChI=1S/C24H27N5O5S/c1-17(2)22-23(30)28(16-19-5-3-4-18(14-19)15-25)24(26-22)10-12-27(13-11-24)35(33,34)21-8-6-20(7-9-21)29(31)32/h3-9,14,17,22,26H,10-13,16H2,1-2H3. The van der Waals surface area contributed by atoms with E-state index in [0.29, 0.717) is 24.9 Å². The van der Waals surface area contributed by atoms with Crippen LogP contribution in [0.4, 0.5) is 5.69 Å². The van der Waals surface area contributed by atoms with Gasteiger partial charge in [0.2, 0.25) is 15.9 Å². The molecule has 0 aromatic heterocycles. The highest BCUT2D eigenvalue weighted by atomic mass is 32.2. The Morgan fingerprint density at radius 1 is 1.20 bits per heavy atom. The van der Waals surface area contributed by atoms with Crippen LogP contribution in [0.1, 0.15) is 37.8 Å². The lowest BCUT2D eigenvalue weighted by atomic mass is 9.96. The van der Waals surface area contributed by atoms with Crippen LogP contribution in [0.15, 0.2) is 53.4 Å². The van der Waals surface area contributed by atoms with Gasteiger partial charge < -0.3 is 4.90 Å². The number of nitrogens with one attached hydrogen (secondary N) is 1. The largest absolute Gasteiger partial charge is 0.319 e. The van der Waals surface area contributed by atoms with Crippen molar-refractivity contribution < 1.29 is 18.1 Å². The predicted molar refractivity (Wildman–Crippen MR) is 127 cm³/mol. The molecule has 184 valence electrons. The maximum atomic E-state index is 13.4. The van der Waals surface area contributed by atoms with Crippen LogP contribution in [-0.2, 0) is 21.4 Å². The lowest BCUT2D eigenvalue weighted by molar-refractivity contribution is -0.384. The molecule has 1 amide bonds. The monoisotopic (exact) mass is 497 g/mol. The number of amides is 1. The number of hydrogen-bond acceptors (Lipinski definition) is 7. The molecular weight excluding hydrogens is 470 g/mol. The molecule has 2 fully saturated rings. The predicted octanol–water partition coefficient (Wildman–Crippen LogP) is 2.60. The zero-order valence-electron chi connectivity index (χ0n) is 19.5. The lowest BCUT2D eigenvalue weighted by Crippen LogP contribution is -2.59. The van der Waals surface area contributed by atoms with Crippen LogP contribution in [0.2, 0.25) is 0 Å². The molecule has 10 nitrogen and oxygen atoms in total. The Morgan fingerprint density at radius 3 is 2.43 bits per heavy atom. The van der Waals surface area contributed by atoms with E-state index in [-0.39, 0.29) is 41.5 Å². The zero-order valence-corrected chi connectivity index (χ0v) is 20.4. The van der Waals surface area contributed by atoms with Crippen LogP contribution in [0.3, 0.4) is 0 Å². The van der Waals surface area contributed by atoms with E-state index in [0.717, 1.165) is 5.56 Å². The van der Waals surface area contributed by atoms with Gasteiger partial charge in [-0.1, -0.05) is 26.0 Å². The summed E-state index contributed by atoms with van der Waals surface area (Å²) < 4.78 is 27.7. The summed E-state index contributed by atoms with van der Waals surface area (Å²) in [5, 5.41) is 23.6. The summed E-state index contributed by atoms with van der Waals surface area (Å²) in [6, 6.07) is 13.7. The van der Waals surface area contributed by atoms with Gasteiger partial charge in [0, 0.05) is 31.8 Å². The number of nitro benzene ring substituents is 1. The number of benzene rings is 2. The van der Waals surface area contributed by atoms with Crippen LogP contribution < -0.4 is 5.32 Å². The van der Waals surface area contributed by atoms with Crippen LogP contribution in [0, 0.1) is 27.4 Å². The molecule has 1 atom stereocenters. The van der Waals surface area contributed by atoms with Gasteiger partial charge >= 0.3 is 0 Å². The average molecular weight is 498 g/mol. The number of carbonyl (C=O) groups excluding carboxylic acids is 1. The number of hydrogen-bond donors (Lipinski definition) is 1. The molecule has 2 saturated heterocycles. The second kappa shape index (κ2) is 9.37. The molecule has 0 radical (unpaired) electrons. The minimum atomic E-state index is -3.84. The molecule has 11 heteroatoms. The Labute approximate surface area is 204 Å². The van der Waals surface area contributed by atoms with Crippen molar-refractivity contribution in [2.75, 3.05) is 13.1 Å². The van der Waals surface area contributed by atoms with Crippen LogP contribution in [0.25, 0.3) is 0 Å². The van der Waals surface area contributed by atoms with Gasteiger partial charge in [-0.15, -0.1) is 0 Å². The molecule has 4 rings (SSSR count). The fraction of sp³-hybridized carbons (Fsp3) is 0.417. The number of rotatable bonds is 6. The second-order valence-corrected chi connectivity index (χ2v) is 11.2. The van der Waals surface area contributed by atoms with Crippen molar-refractivity contribution in [1.82, 2.24) is 14.5 Å². The zero-order chi connectivity index (χ0) is 25.4. The van der Waals surface area contributed by atoms with Crippen LogP contribution in [-0.4, -0.2) is 53.2 Å². The van der Waals surface area contributed by atoms with Crippen molar-refractivity contribution in [3.05, 3.63) is 69.8 Å². The third-order valence-corrected chi connectivity index (χ3v) is 8.68. The smallest absolute Gasteiger partial charge is 0.269 e. The van der Waals surface area contributed by atoms with E-state index in [1.807, 2.05) is 19.9 Å². The topological polar surface area (TPSA) is 137 Å². The number of carbonyl (C=O) groups is 1. The Kier molecular flexibility index (Phi) is 6.64. The summed E-state index contributed by atoms with van der Waals surface area (Å²) in [5.74, 6) is 0.0192. The van der Waals surface area contributed by atoms with Crippen molar-refractivity contribution in [3.8, 4) is 6.07 Å². The van der Waals surface area contributed by atoms with Gasteiger partial charge in [0.15, 0.2) is 0 Å². The van der Waals surface area contributed by atoms with E-state index in [2.05, 4.69) is 11.4 Å². The average Bonchev–Trinajstić information content (AvgIpc) is 3.11. The number of nitriles is 1.